The van der Waals surface area contributed by atoms with Crippen LogP contribution in [-0.4, -0.2) is 24.1 Å². The molecule has 0 bridgehead atoms. The monoisotopic (exact) mass is 296 g/mol. The van der Waals surface area contributed by atoms with Crippen LogP contribution in [0.5, 0.6) is 5.75 Å². The molecule has 4 heteroatoms. The lowest BCUT2D eigenvalue weighted by Crippen LogP contribution is -2.38. The summed E-state index contributed by atoms with van der Waals surface area (Å²) in [6.07, 6.45) is 1.01. The number of nitrogens with one attached hydrogen (secondary N) is 2. The van der Waals surface area contributed by atoms with Gasteiger partial charge in [0.25, 0.3) is 5.91 Å². The molecule has 0 aliphatic carbocycles. The van der Waals surface area contributed by atoms with E-state index in [1.807, 2.05) is 19.1 Å². The normalized spacial score (nSPS) is 16.9. The highest BCUT2D eigenvalue weighted by molar-refractivity contribution is 5.97. The molecule has 0 fully saturated rings. The lowest BCUT2D eigenvalue weighted by atomic mass is 9.94. The van der Waals surface area contributed by atoms with Crippen molar-refractivity contribution >= 4 is 5.91 Å². The minimum atomic E-state index is -0.244. The first-order valence-electron chi connectivity index (χ1n) is 7.54. The molecule has 1 aliphatic heterocycles. The van der Waals surface area contributed by atoms with Crippen LogP contribution in [-0.2, 0) is 6.42 Å². The van der Waals surface area contributed by atoms with Crippen LogP contribution < -0.4 is 10.6 Å². The molecule has 3 N–H and O–H groups in total. The van der Waals surface area contributed by atoms with Gasteiger partial charge in [-0.3, -0.25) is 4.79 Å². The third kappa shape index (κ3) is 2.97. The zero-order valence-electron chi connectivity index (χ0n) is 12.6. The van der Waals surface area contributed by atoms with E-state index in [1.54, 1.807) is 18.2 Å². The summed E-state index contributed by atoms with van der Waals surface area (Å²) in [4.78, 5) is 12.3. The zero-order valence-corrected chi connectivity index (χ0v) is 12.6. The molecule has 0 spiro atoms. The molecular formula is C18H20N2O2. The molecule has 1 amide bonds. The highest BCUT2D eigenvalue weighted by Gasteiger charge is 2.20. The predicted octanol–water partition coefficient (Wildman–Crippen LogP) is 2.32. The molecular weight excluding hydrogens is 276 g/mol. The Morgan fingerprint density at radius 1 is 1.32 bits per heavy atom. The minimum absolute atomic E-state index is 0.0140. The Kier molecular flexibility index (Phi) is 4.11. The van der Waals surface area contributed by atoms with Crippen LogP contribution in [0, 0.1) is 6.92 Å². The van der Waals surface area contributed by atoms with Crippen LogP contribution >= 0.6 is 0 Å². The molecule has 0 radical (unpaired) electrons. The lowest BCUT2D eigenvalue weighted by Gasteiger charge is -2.27. The van der Waals surface area contributed by atoms with Gasteiger partial charge in [0.05, 0.1) is 5.56 Å². The van der Waals surface area contributed by atoms with Crippen LogP contribution in [0.15, 0.2) is 42.5 Å². The summed E-state index contributed by atoms with van der Waals surface area (Å²) in [5.74, 6) is -0.230. The van der Waals surface area contributed by atoms with Gasteiger partial charge in [-0.15, -0.1) is 0 Å². The molecule has 22 heavy (non-hydrogen) atoms. The second-order valence-corrected chi connectivity index (χ2v) is 5.69. The Hall–Kier alpha value is -2.33. The number of amides is 1. The van der Waals surface area contributed by atoms with E-state index in [0.717, 1.165) is 18.5 Å². The van der Waals surface area contributed by atoms with Crippen molar-refractivity contribution in [3.8, 4) is 5.75 Å². The van der Waals surface area contributed by atoms with E-state index in [0.29, 0.717) is 12.1 Å². The second kappa shape index (κ2) is 6.20. The Balaban J connectivity index is 1.71. The van der Waals surface area contributed by atoms with E-state index in [-0.39, 0.29) is 17.7 Å². The fourth-order valence-corrected chi connectivity index (χ4v) is 2.90. The van der Waals surface area contributed by atoms with Crippen molar-refractivity contribution in [1.82, 2.24) is 10.6 Å². The summed E-state index contributed by atoms with van der Waals surface area (Å²) in [6, 6.07) is 13.5. The molecule has 114 valence electrons. The number of benzene rings is 2. The van der Waals surface area contributed by atoms with Crippen LogP contribution in [0.1, 0.15) is 33.1 Å². The van der Waals surface area contributed by atoms with E-state index in [9.17, 15) is 9.90 Å². The van der Waals surface area contributed by atoms with Gasteiger partial charge in [0.2, 0.25) is 0 Å². The summed E-state index contributed by atoms with van der Waals surface area (Å²) >= 11 is 0. The van der Waals surface area contributed by atoms with Crippen molar-refractivity contribution in [3.05, 3.63) is 64.7 Å². The van der Waals surface area contributed by atoms with Crippen LogP contribution in [0.25, 0.3) is 0 Å². The van der Waals surface area contributed by atoms with Crippen LogP contribution in [0.3, 0.4) is 0 Å². The van der Waals surface area contributed by atoms with Gasteiger partial charge in [-0.25, -0.2) is 0 Å². The third-order valence-corrected chi connectivity index (χ3v) is 4.08. The molecule has 0 saturated carbocycles. The summed E-state index contributed by atoms with van der Waals surface area (Å²) in [5, 5.41) is 16.2. The summed E-state index contributed by atoms with van der Waals surface area (Å²) in [6.45, 7) is 3.31. The molecule has 3 rings (SSSR count). The number of phenolic OH excluding ortho intramolecular Hbond substituents is 1. The molecule has 1 aliphatic rings. The van der Waals surface area contributed by atoms with Gasteiger partial charge in [0.1, 0.15) is 5.75 Å². The molecule has 1 unspecified atom stereocenters. The van der Waals surface area contributed by atoms with Crippen molar-refractivity contribution in [2.45, 2.75) is 19.4 Å². The highest BCUT2D eigenvalue weighted by atomic mass is 16.3. The number of carbonyl (C=O) groups is 1. The van der Waals surface area contributed by atoms with Crippen molar-refractivity contribution in [3.63, 3.8) is 0 Å². The van der Waals surface area contributed by atoms with Crippen molar-refractivity contribution in [2.75, 3.05) is 13.1 Å². The number of fused-ring (bicyclic) bond motifs is 1. The maximum atomic E-state index is 12.3. The number of rotatable bonds is 3. The molecule has 1 atom stereocenters. The molecule has 1 heterocycles. The van der Waals surface area contributed by atoms with Crippen LogP contribution in [0.4, 0.5) is 0 Å². The van der Waals surface area contributed by atoms with Gasteiger partial charge in [0, 0.05) is 12.6 Å². The Morgan fingerprint density at radius 3 is 3.00 bits per heavy atom. The number of hydrogen-bond donors (Lipinski definition) is 3. The number of phenols is 1. The molecule has 2 aromatic rings. The van der Waals surface area contributed by atoms with Crippen molar-refractivity contribution < 1.29 is 9.90 Å². The summed E-state index contributed by atoms with van der Waals surface area (Å²) < 4.78 is 0. The fraction of sp³-hybridized carbons (Fsp3) is 0.278. The first kappa shape index (κ1) is 14.6. The van der Waals surface area contributed by atoms with Gasteiger partial charge in [0.15, 0.2) is 0 Å². The van der Waals surface area contributed by atoms with Crippen molar-refractivity contribution in [1.29, 1.82) is 0 Å². The molecule has 4 nitrogen and oxygen atoms in total. The number of hydrogen-bond acceptors (Lipinski definition) is 3. The van der Waals surface area contributed by atoms with Gasteiger partial charge < -0.3 is 15.7 Å². The van der Waals surface area contributed by atoms with Gasteiger partial charge in [-0.2, -0.15) is 0 Å². The standard InChI is InChI=1S/C18H20N2O2/c1-12-6-7-17(21)15(10-12)18(22)20-11-16-14-5-3-2-4-13(14)8-9-19-16/h2-7,10,16,19,21H,8-9,11H2,1H3,(H,20,22). The number of carbonyl (C=O) groups excluding carboxylic acids is 1. The zero-order chi connectivity index (χ0) is 15.5. The van der Waals surface area contributed by atoms with E-state index >= 15 is 0 Å². The first-order valence-corrected chi connectivity index (χ1v) is 7.54. The van der Waals surface area contributed by atoms with E-state index in [4.69, 9.17) is 0 Å². The highest BCUT2D eigenvalue weighted by Crippen LogP contribution is 2.22. The molecule has 0 aromatic heterocycles. The van der Waals surface area contributed by atoms with E-state index < -0.39 is 0 Å². The van der Waals surface area contributed by atoms with Gasteiger partial charge in [-0.05, 0) is 43.1 Å². The number of aryl methyl sites for hydroxylation is 1. The van der Waals surface area contributed by atoms with Crippen molar-refractivity contribution in [2.24, 2.45) is 0 Å². The average Bonchev–Trinajstić information content (AvgIpc) is 2.54. The second-order valence-electron chi connectivity index (χ2n) is 5.69. The maximum Gasteiger partial charge on any atom is 0.255 e. The third-order valence-electron chi connectivity index (χ3n) is 4.08. The number of aromatic hydroxyl groups is 1. The molecule has 0 saturated heterocycles. The predicted molar refractivity (Wildman–Crippen MR) is 86.1 cm³/mol. The smallest absolute Gasteiger partial charge is 0.255 e. The first-order chi connectivity index (χ1) is 10.6. The van der Waals surface area contributed by atoms with E-state index in [2.05, 4.69) is 22.8 Å². The largest absolute Gasteiger partial charge is 0.507 e. The summed E-state index contributed by atoms with van der Waals surface area (Å²) in [7, 11) is 0. The minimum Gasteiger partial charge on any atom is -0.507 e. The SMILES string of the molecule is Cc1ccc(O)c(C(=O)NCC2NCCc3ccccc32)c1. The van der Waals surface area contributed by atoms with Crippen LogP contribution in [0.2, 0.25) is 0 Å². The fourth-order valence-electron chi connectivity index (χ4n) is 2.90. The van der Waals surface area contributed by atoms with Gasteiger partial charge >= 0.3 is 0 Å². The Morgan fingerprint density at radius 2 is 2.14 bits per heavy atom. The summed E-state index contributed by atoms with van der Waals surface area (Å²) in [5.41, 5.74) is 3.84. The van der Waals surface area contributed by atoms with Gasteiger partial charge in [-0.1, -0.05) is 35.9 Å². The molecule has 2 aromatic carbocycles. The lowest BCUT2D eigenvalue weighted by molar-refractivity contribution is 0.0946. The van der Waals surface area contributed by atoms with E-state index in [1.165, 1.54) is 11.1 Å². The average molecular weight is 296 g/mol. The topological polar surface area (TPSA) is 61.4 Å². The Labute approximate surface area is 130 Å². The maximum absolute atomic E-state index is 12.3. The quantitative estimate of drug-likeness (QED) is 0.814. The Bertz CT molecular complexity index is 697.